The lowest BCUT2D eigenvalue weighted by atomic mass is 10.2. The Hall–Kier alpha value is -0.820. The average Bonchev–Trinajstić information content (AvgIpc) is 2.37. The molecule has 0 aliphatic carbocycles. The Morgan fingerprint density at radius 1 is 1.35 bits per heavy atom. The largest absolute Gasteiger partial charge is 0.398 e. The van der Waals surface area contributed by atoms with Gasteiger partial charge < -0.3 is 10.5 Å². The summed E-state index contributed by atoms with van der Waals surface area (Å²) < 4.78 is 32.0. The van der Waals surface area contributed by atoms with Crippen LogP contribution in [-0.4, -0.2) is 28.2 Å². The highest BCUT2D eigenvalue weighted by Gasteiger charge is 2.18. The fraction of sp³-hybridized carbons (Fsp3) is 0.538. The van der Waals surface area contributed by atoms with E-state index in [1.54, 1.807) is 13.0 Å². The lowest BCUT2D eigenvalue weighted by Gasteiger charge is -2.10. The number of nitrogen functional groups attached to an aromatic ring is 1. The highest BCUT2D eigenvalue weighted by Crippen LogP contribution is 2.26. The van der Waals surface area contributed by atoms with E-state index in [1.807, 2.05) is 6.92 Å². The third-order valence-corrected chi connectivity index (χ3v) is 4.64. The van der Waals surface area contributed by atoms with Gasteiger partial charge in [0.05, 0.1) is 5.02 Å². The third kappa shape index (κ3) is 4.94. The molecule has 0 aliphatic rings. The second-order valence-corrected chi connectivity index (χ2v) is 6.65. The van der Waals surface area contributed by atoms with Crippen LogP contribution in [0.4, 0.5) is 5.69 Å². The molecule has 1 aromatic rings. The maximum absolute atomic E-state index is 12.1. The Morgan fingerprint density at radius 2 is 2.05 bits per heavy atom. The van der Waals surface area contributed by atoms with E-state index in [9.17, 15) is 8.42 Å². The monoisotopic (exact) mass is 320 g/mol. The van der Waals surface area contributed by atoms with Gasteiger partial charge in [-0.05, 0) is 37.5 Å². The number of ether oxygens (including phenoxy) is 1. The van der Waals surface area contributed by atoms with Gasteiger partial charge in [-0.15, -0.1) is 0 Å². The predicted molar refractivity (Wildman–Crippen MR) is 81.5 cm³/mol. The quantitative estimate of drug-likeness (QED) is 0.569. The summed E-state index contributed by atoms with van der Waals surface area (Å²) in [7, 11) is -3.64. The van der Waals surface area contributed by atoms with Gasteiger partial charge in [0.15, 0.2) is 0 Å². The van der Waals surface area contributed by atoms with Crippen molar-refractivity contribution in [3.8, 4) is 0 Å². The summed E-state index contributed by atoms with van der Waals surface area (Å²) in [6, 6.07) is 2.93. The minimum atomic E-state index is -3.64. The molecule has 0 saturated carbocycles. The molecule has 7 heteroatoms. The highest BCUT2D eigenvalue weighted by atomic mass is 35.5. The minimum absolute atomic E-state index is 0.0109. The Balaban J connectivity index is 2.63. The SMILES string of the molecule is CCCOCCCNS(=O)(=O)c1cc(N)c(C)cc1Cl. The molecule has 0 heterocycles. The van der Waals surface area contributed by atoms with Crippen molar-refractivity contribution in [1.82, 2.24) is 4.72 Å². The summed E-state index contributed by atoms with van der Waals surface area (Å²) in [6.07, 6.45) is 1.56. The van der Waals surface area contributed by atoms with Gasteiger partial charge in [-0.1, -0.05) is 18.5 Å². The first-order valence-electron chi connectivity index (χ1n) is 6.51. The molecule has 20 heavy (non-hydrogen) atoms. The van der Waals surface area contributed by atoms with Crippen LogP contribution in [0.1, 0.15) is 25.3 Å². The van der Waals surface area contributed by atoms with Crippen molar-refractivity contribution >= 4 is 27.3 Å². The number of nitrogens with two attached hydrogens (primary N) is 1. The van der Waals surface area contributed by atoms with Crippen molar-refractivity contribution in [2.24, 2.45) is 0 Å². The summed E-state index contributed by atoms with van der Waals surface area (Å²) >= 11 is 5.97. The summed E-state index contributed by atoms with van der Waals surface area (Å²) in [6.45, 7) is 5.31. The molecule has 0 bridgehead atoms. The topological polar surface area (TPSA) is 81.4 Å². The first-order chi connectivity index (χ1) is 9.38. The molecule has 0 fully saturated rings. The number of anilines is 1. The van der Waals surface area contributed by atoms with Gasteiger partial charge in [0.2, 0.25) is 10.0 Å². The van der Waals surface area contributed by atoms with E-state index in [4.69, 9.17) is 22.1 Å². The molecule has 0 aliphatic heterocycles. The molecule has 1 rings (SSSR count). The first-order valence-corrected chi connectivity index (χ1v) is 8.37. The molecule has 0 amide bonds. The lowest BCUT2D eigenvalue weighted by Crippen LogP contribution is -2.26. The van der Waals surface area contributed by atoms with Gasteiger partial charge in [0, 0.05) is 25.4 Å². The van der Waals surface area contributed by atoms with Crippen LogP contribution in [0.15, 0.2) is 17.0 Å². The van der Waals surface area contributed by atoms with Gasteiger partial charge in [-0.25, -0.2) is 13.1 Å². The van der Waals surface area contributed by atoms with Crippen molar-refractivity contribution in [1.29, 1.82) is 0 Å². The van der Waals surface area contributed by atoms with Gasteiger partial charge in [0.25, 0.3) is 0 Å². The Kier molecular flexibility index (Phi) is 6.75. The van der Waals surface area contributed by atoms with E-state index in [0.29, 0.717) is 31.9 Å². The number of hydrogen-bond donors (Lipinski definition) is 2. The molecule has 0 radical (unpaired) electrons. The Morgan fingerprint density at radius 3 is 2.70 bits per heavy atom. The maximum Gasteiger partial charge on any atom is 0.242 e. The maximum atomic E-state index is 12.1. The number of aryl methyl sites for hydroxylation is 1. The smallest absolute Gasteiger partial charge is 0.242 e. The van der Waals surface area contributed by atoms with Gasteiger partial charge in [0.1, 0.15) is 4.90 Å². The average molecular weight is 321 g/mol. The van der Waals surface area contributed by atoms with E-state index >= 15 is 0 Å². The van der Waals surface area contributed by atoms with Crippen LogP contribution >= 0.6 is 11.6 Å². The number of sulfonamides is 1. The third-order valence-electron chi connectivity index (χ3n) is 2.72. The summed E-state index contributed by atoms with van der Waals surface area (Å²) in [4.78, 5) is 0.0109. The number of halogens is 1. The minimum Gasteiger partial charge on any atom is -0.398 e. The second-order valence-electron chi connectivity index (χ2n) is 4.50. The highest BCUT2D eigenvalue weighted by molar-refractivity contribution is 7.89. The fourth-order valence-electron chi connectivity index (χ4n) is 1.58. The molecule has 5 nitrogen and oxygen atoms in total. The standard InChI is InChI=1S/C13H21ClN2O3S/c1-3-6-19-7-4-5-16-20(17,18)13-9-12(15)10(2)8-11(13)14/h8-9,16H,3-7,15H2,1-2H3. The van der Waals surface area contributed by atoms with Crippen LogP contribution in [0, 0.1) is 6.92 Å². The van der Waals surface area contributed by atoms with Crippen LogP contribution < -0.4 is 10.5 Å². The van der Waals surface area contributed by atoms with Crippen molar-refractivity contribution in [3.63, 3.8) is 0 Å². The molecule has 0 atom stereocenters. The van der Waals surface area contributed by atoms with Crippen molar-refractivity contribution in [2.45, 2.75) is 31.6 Å². The fourth-order valence-corrected chi connectivity index (χ4v) is 3.27. The molecule has 0 aromatic heterocycles. The first kappa shape index (κ1) is 17.2. The second kappa shape index (κ2) is 7.83. The number of hydrogen-bond acceptors (Lipinski definition) is 4. The summed E-state index contributed by atoms with van der Waals surface area (Å²) in [5.41, 5.74) is 6.88. The molecular weight excluding hydrogens is 300 g/mol. The zero-order valence-corrected chi connectivity index (χ0v) is 13.4. The molecule has 0 spiro atoms. The number of benzene rings is 1. The van der Waals surface area contributed by atoms with Gasteiger partial charge in [-0.2, -0.15) is 0 Å². The summed E-state index contributed by atoms with van der Waals surface area (Å²) in [5.74, 6) is 0. The summed E-state index contributed by atoms with van der Waals surface area (Å²) in [5, 5.41) is 0.173. The Labute approximate surface area is 125 Å². The van der Waals surface area contributed by atoms with Crippen LogP contribution in [0.25, 0.3) is 0 Å². The zero-order valence-electron chi connectivity index (χ0n) is 11.8. The lowest BCUT2D eigenvalue weighted by molar-refractivity contribution is 0.133. The van der Waals surface area contributed by atoms with Crippen molar-refractivity contribution < 1.29 is 13.2 Å². The van der Waals surface area contributed by atoms with Crippen LogP contribution in [0.5, 0.6) is 0 Å². The molecule has 3 N–H and O–H groups in total. The number of nitrogens with one attached hydrogen (secondary N) is 1. The van der Waals surface area contributed by atoms with Crippen LogP contribution in [-0.2, 0) is 14.8 Å². The molecular formula is C13H21ClN2O3S. The van der Waals surface area contributed by atoms with Gasteiger partial charge >= 0.3 is 0 Å². The van der Waals surface area contributed by atoms with E-state index in [-0.39, 0.29) is 9.92 Å². The van der Waals surface area contributed by atoms with E-state index in [2.05, 4.69) is 4.72 Å². The predicted octanol–water partition coefficient (Wildman–Crippen LogP) is 2.33. The van der Waals surface area contributed by atoms with E-state index in [0.717, 1.165) is 12.0 Å². The molecule has 0 saturated heterocycles. The van der Waals surface area contributed by atoms with Crippen LogP contribution in [0.2, 0.25) is 5.02 Å². The van der Waals surface area contributed by atoms with Gasteiger partial charge in [-0.3, -0.25) is 0 Å². The molecule has 0 unspecified atom stereocenters. The number of rotatable bonds is 8. The van der Waals surface area contributed by atoms with E-state index < -0.39 is 10.0 Å². The van der Waals surface area contributed by atoms with Crippen molar-refractivity contribution in [3.05, 3.63) is 22.7 Å². The Bertz CT molecular complexity index is 547. The van der Waals surface area contributed by atoms with Crippen LogP contribution in [0.3, 0.4) is 0 Å². The molecule has 114 valence electrons. The normalized spacial score (nSPS) is 11.8. The molecule has 1 aromatic carbocycles. The van der Waals surface area contributed by atoms with E-state index in [1.165, 1.54) is 6.07 Å². The van der Waals surface area contributed by atoms with Crippen molar-refractivity contribution in [2.75, 3.05) is 25.5 Å². The zero-order chi connectivity index (χ0) is 15.2.